The van der Waals surface area contributed by atoms with Crippen LogP contribution in [0.5, 0.6) is 17.6 Å². The van der Waals surface area contributed by atoms with E-state index in [0.29, 0.717) is 78.7 Å². The number of hydrogen-bond donors (Lipinski definition) is 2. The molecule has 2 N–H and O–H groups in total. The van der Waals surface area contributed by atoms with Crippen molar-refractivity contribution in [3.63, 3.8) is 0 Å². The number of aromatic amines is 2. The van der Waals surface area contributed by atoms with Crippen LogP contribution >= 0.6 is 134 Å². The first-order valence-electron chi connectivity index (χ1n) is 38.9. The monoisotopic (exact) mass is 2180 g/mol. The number of rotatable bonds is 15. The maximum Gasteiger partial charge on any atom is -0.0134 e. The summed E-state index contributed by atoms with van der Waals surface area (Å²) in [7, 11) is 4.96. The Morgan fingerprint density at radius 3 is 0.699 bits per heavy atom. The molecular weight excluding hydrogens is 2110 g/mol. The van der Waals surface area contributed by atoms with Crippen LogP contribution in [0.1, 0.15) is 17.1 Å². The Morgan fingerprint density at radius 2 is 0.496 bits per heavy atom. The van der Waals surface area contributed by atoms with E-state index in [9.17, 15) is 14.2 Å². The predicted molar refractivity (Wildman–Crippen MR) is 541 cm³/mol. The van der Waals surface area contributed by atoms with Gasteiger partial charge in [-0.1, -0.05) is 235 Å². The minimum absolute atomic E-state index is 0.279. The number of H-pyrrole nitrogens is 2. The normalized spacial score (nSPS) is 10.2. The summed E-state index contributed by atoms with van der Waals surface area (Å²) in [6.45, 7) is 5.86. The van der Waals surface area contributed by atoms with Gasteiger partial charge >= 0.3 is 44.5 Å². The van der Waals surface area contributed by atoms with Crippen LogP contribution in [0.25, 0.3) is 68.3 Å². The van der Waals surface area contributed by atoms with Gasteiger partial charge in [0.25, 0.3) is 11.1 Å². The minimum Gasteiger partial charge on any atom is -0.0622 e. The summed E-state index contributed by atoms with van der Waals surface area (Å²) in [6, 6.07) is 112. The molecule has 0 aliphatic heterocycles. The van der Waals surface area contributed by atoms with Crippen LogP contribution in [-0.4, -0.2) is 128 Å². The number of benzene rings is 6. The second-order valence-electron chi connectivity index (χ2n) is 26.1. The average molecular weight is 2190 g/mol. The summed E-state index contributed by atoms with van der Waals surface area (Å²) >= 11 is 39.7. The smallest absolute Gasteiger partial charge is 0.0134 e. The first kappa shape index (κ1) is 105. The van der Waals surface area contributed by atoms with Crippen molar-refractivity contribution in [2.45, 2.75) is 20.8 Å². The first-order valence-corrected chi connectivity index (χ1v) is 52.8. The first-order chi connectivity index (χ1) is 64.5. The molecule has 0 atom stereocenters. The Hall–Kier alpha value is -11.7. The number of nitrogens with one attached hydrogen (secondary N) is 2. The van der Waals surface area contributed by atoms with Gasteiger partial charge in [-0.05, 0) is 233 Å². The number of aryl methyl sites for hydroxylation is 3. The van der Waals surface area contributed by atoms with E-state index in [0.717, 1.165) is 44.5 Å². The molecule has 6 aromatic carbocycles. The van der Waals surface area contributed by atoms with E-state index in [1.807, 2.05) is 99.6 Å². The molecular formula is C93H77Br3Cl6N21NiO6P3. The van der Waals surface area contributed by atoms with Gasteiger partial charge in [-0.25, -0.2) is 15.2 Å². The molecule has 0 fully saturated rings. The number of hydrogen-bond acceptors (Lipinski definition) is 25. The van der Waals surface area contributed by atoms with Gasteiger partial charge < -0.3 is 14.2 Å². The number of aromatic nitrogens is 21. The van der Waals surface area contributed by atoms with Gasteiger partial charge in [0.2, 0.25) is 17.6 Å². The molecule has 18 rings (SSSR count). The van der Waals surface area contributed by atoms with Crippen molar-refractivity contribution in [3.8, 4) is 86.0 Å². The van der Waals surface area contributed by atoms with Crippen molar-refractivity contribution in [2.24, 2.45) is 0 Å². The van der Waals surface area contributed by atoms with Crippen LogP contribution < -0.4 is 57.2 Å². The Morgan fingerprint density at radius 1 is 0.278 bits per heavy atom. The molecule has 0 aliphatic rings. The molecule has 0 aliphatic carbocycles. The Kier molecular flexibility index (Phi) is 45.5. The van der Waals surface area contributed by atoms with Crippen molar-refractivity contribution in [3.05, 3.63) is 404 Å². The summed E-state index contributed by atoms with van der Waals surface area (Å²) in [5.74, 6) is 1.40. The molecule has 0 amide bonds. The Balaban J connectivity index is 0.000000172. The standard InChI is InChI=1S/C20H16N6.2C18H15P.C10H10N4O2.C8H4Cl2N4.C8H6N4O2.C6H6BrN.C5H5ClN2O.2BrH.Cl3OP.Ni/c1-13-5-3-7-15(21-13)17-9-11-19(25-23-17)20-12-10-18(24-26-20)16-8-4-6-14(2)22-16;2*1-4-10-16(11-5-1)19(17-12-6-2-7-13-17)18-14-8-3-9-15-18;1-15-9-5-3-7(11-13-9)8-4-6-10(16-2)14-12-8;9-7-3-1-5(11-13-7)6-2-4-8(10)14-12-6;13-7-3-1-5(9-11-7)6-2-4-8(14)12-10-6;1-5-3-2-4-6(7)8-5;1-9-5-3-2-4(6)7-8-5;;;1-5(2,3)4;/h3-12H,1-2H3;2*1-15H;3-6H,1-2H3;1-4H;1-4H,(H,11,13)(H,12,14);2-4H,1H3;2-3H,1H3;2*1H;;/q;;;;;;;;;;;+2/p-2. The zero-order valence-electron chi connectivity index (χ0n) is 70.9. The van der Waals surface area contributed by atoms with E-state index < -0.39 is 21.0 Å². The third-order valence-corrected chi connectivity index (χ3v) is 22.7. The number of nitrogens with zero attached hydrogens (tertiary/aromatic N) is 19. The maximum absolute atomic E-state index is 10.7. The fourth-order valence-electron chi connectivity index (χ4n) is 10.9. The van der Waals surface area contributed by atoms with Gasteiger partial charge in [-0.2, -0.15) is 10.2 Å². The molecule has 27 nitrogen and oxygen atoms in total. The van der Waals surface area contributed by atoms with E-state index in [-0.39, 0.29) is 11.1 Å². The SMILES string of the molecule is COc1ccc(-c2ccc(OC)nn2)nn1.COc1ccc(Cl)nn1.Cc1cccc(-c2ccc(-c3ccc(-c4cccc(C)n4)nn3)nn2)n1.Cc1cccc(Br)n1.Clc1ccc(-c2ccc(Cl)nn2)nn1.O=P(Cl)(Cl)Cl.O=c1ccc(-c2ccc(=O)[nH]n2)n[nH]1.[Br][Ni][Br].c1ccc(P(c2ccccc2)c2ccccc2)cc1.c1ccc(P(c2ccccc2)c2ccccc2)cc1. The zero-order chi connectivity index (χ0) is 95.0. The van der Waals surface area contributed by atoms with Crippen molar-refractivity contribution < 1.29 is 29.7 Å². The molecule has 40 heteroatoms. The fourth-order valence-corrected chi connectivity index (χ4v) is 16.2. The molecule has 0 radical (unpaired) electrons. The second kappa shape index (κ2) is 57.6. The molecule has 0 saturated carbocycles. The van der Waals surface area contributed by atoms with Gasteiger partial charge in [0.15, 0.2) is 15.5 Å². The maximum atomic E-state index is 10.7. The number of ether oxygens (including phenoxy) is 3. The van der Waals surface area contributed by atoms with Crippen molar-refractivity contribution in [2.75, 3.05) is 21.3 Å². The van der Waals surface area contributed by atoms with E-state index in [2.05, 4.69) is 367 Å². The largest absolute Gasteiger partial charge is 0.0622 e. The summed E-state index contributed by atoms with van der Waals surface area (Å²) in [6.07, 6.45) is 0. The summed E-state index contributed by atoms with van der Waals surface area (Å²) in [4.78, 5) is 34.4. The molecule has 0 spiro atoms. The number of halogens is 9. The van der Waals surface area contributed by atoms with E-state index in [4.69, 9.17) is 49.0 Å². The summed E-state index contributed by atoms with van der Waals surface area (Å²) in [5.41, 5.74) is 10.2. The summed E-state index contributed by atoms with van der Waals surface area (Å²) in [5, 5.41) is 73.2. The van der Waals surface area contributed by atoms with Gasteiger partial charge in [0.1, 0.15) is 61.5 Å². The fraction of sp³-hybridized carbons (Fsp3) is 0.0645. The quantitative estimate of drug-likeness (QED) is 0.0547. The molecule has 0 saturated heterocycles. The molecule has 18 aromatic rings. The Bertz CT molecular complexity index is 6030. The molecule has 12 heterocycles. The average Bonchev–Trinajstić information content (AvgIpc) is 0.824. The number of pyridine rings is 3. The van der Waals surface area contributed by atoms with Crippen LogP contribution in [0.4, 0.5) is 0 Å². The van der Waals surface area contributed by atoms with E-state index in [1.165, 1.54) is 88.3 Å². The van der Waals surface area contributed by atoms with E-state index in [1.54, 1.807) is 60.7 Å². The third kappa shape index (κ3) is 38.0. The topological polar surface area (TPSA) is 355 Å². The van der Waals surface area contributed by atoms with Crippen molar-refractivity contribution >= 4 is 166 Å². The Labute approximate surface area is 826 Å². The molecule has 0 unspecified atom stereocenters. The van der Waals surface area contributed by atoms with Crippen molar-refractivity contribution in [1.82, 2.24) is 107 Å². The molecule has 0 bridgehead atoms. The second-order valence-corrected chi connectivity index (χ2v) is 44.1. The molecule has 12 aromatic heterocycles. The van der Waals surface area contributed by atoms with Crippen LogP contribution in [0, 0.1) is 20.8 Å². The minimum atomic E-state index is -3.22. The zero-order valence-corrected chi connectivity index (χ0v) is 83.9. The van der Waals surface area contributed by atoms with Crippen LogP contribution in [-0.2, 0) is 15.5 Å². The van der Waals surface area contributed by atoms with Gasteiger partial charge in [-0.15, -0.1) is 71.4 Å². The van der Waals surface area contributed by atoms with Gasteiger partial charge in [0, 0.05) is 47.4 Å². The third-order valence-electron chi connectivity index (χ3n) is 16.8. The molecule has 133 heavy (non-hydrogen) atoms. The van der Waals surface area contributed by atoms with Gasteiger partial charge in [0.05, 0.1) is 32.7 Å². The number of methoxy groups -OCH3 is 3. The van der Waals surface area contributed by atoms with Crippen molar-refractivity contribution in [1.29, 1.82) is 0 Å². The van der Waals surface area contributed by atoms with Crippen LogP contribution in [0.2, 0.25) is 15.5 Å². The van der Waals surface area contributed by atoms with Crippen LogP contribution in [0.15, 0.2) is 360 Å². The van der Waals surface area contributed by atoms with E-state index >= 15 is 0 Å². The van der Waals surface area contributed by atoms with Crippen LogP contribution in [0.3, 0.4) is 0 Å². The predicted octanol–water partition coefficient (Wildman–Crippen LogP) is 21.1. The summed E-state index contributed by atoms with van der Waals surface area (Å²) < 4.78 is 25.0. The van der Waals surface area contributed by atoms with Gasteiger partial charge in [-0.3, -0.25) is 24.1 Å². The molecule has 678 valence electrons.